The molecule has 1 amide bonds. The summed E-state index contributed by atoms with van der Waals surface area (Å²) in [5, 5.41) is 5.02. The van der Waals surface area contributed by atoms with Crippen LogP contribution in [0, 0.1) is 6.92 Å². The van der Waals surface area contributed by atoms with Gasteiger partial charge in [0.05, 0.1) is 16.2 Å². The Labute approximate surface area is 161 Å². The van der Waals surface area contributed by atoms with Crippen LogP contribution < -0.4 is 5.32 Å². The van der Waals surface area contributed by atoms with Crippen LogP contribution in [0.3, 0.4) is 0 Å². The number of amides is 1. The quantitative estimate of drug-likeness (QED) is 0.559. The molecular weight excluding hydrogens is 354 g/mol. The Balaban J connectivity index is 1.52. The molecule has 4 rings (SSSR count). The molecule has 4 aromatic rings. The van der Waals surface area contributed by atoms with Gasteiger partial charge in [-0.05, 0) is 24.1 Å². The minimum Gasteiger partial charge on any atom is -0.347 e. The molecule has 0 saturated heterocycles. The van der Waals surface area contributed by atoms with Crippen LogP contribution in [0.4, 0.5) is 0 Å². The lowest BCUT2D eigenvalue weighted by molar-refractivity contribution is 0.0954. The highest BCUT2D eigenvalue weighted by molar-refractivity contribution is 7.13. The van der Waals surface area contributed by atoms with E-state index in [1.54, 1.807) is 6.20 Å². The second-order valence-corrected chi connectivity index (χ2v) is 7.44. The number of thiazole rings is 1. The number of carbonyl (C=O) groups is 1. The molecule has 0 atom stereocenters. The van der Waals surface area contributed by atoms with E-state index in [2.05, 4.69) is 33.5 Å². The summed E-state index contributed by atoms with van der Waals surface area (Å²) >= 11 is 1.46. The number of para-hydroxylation sites is 1. The van der Waals surface area contributed by atoms with Gasteiger partial charge in [0.15, 0.2) is 0 Å². The van der Waals surface area contributed by atoms with Gasteiger partial charge in [0.25, 0.3) is 5.91 Å². The topological polar surface area (TPSA) is 54.9 Å². The molecule has 0 radical (unpaired) electrons. The van der Waals surface area contributed by atoms with Gasteiger partial charge < -0.3 is 5.32 Å². The van der Waals surface area contributed by atoms with E-state index in [1.165, 1.54) is 11.3 Å². The highest BCUT2D eigenvalue weighted by atomic mass is 32.1. The third kappa shape index (κ3) is 3.88. The molecule has 0 aliphatic rings. The first kappa shape index (κ1) is 17.4. The fraction of sp³-hybridized carbons (Fsp3) is 0.136. The summed E-state index contributed by atoms with van der Waals surface area (Å²) in [6.45, 7) is 2.40. The molecule has 0 aliphatic carbocycles. The summed E-state index contributed by atoms with van der Waals surface area (Å²) in [4.78, 5) is 22.4. The number of nitrogens with one attached hydrogen (secondary N) is 1. The molecule has 5 heteroatoms. The number of benzene rings is 2. The maximum absolute atomic E-state index is 12.6. The van der Waals surface area contributed by atoms with Crippen molar-refractivity contribution >= 4 is 28.1 Å². The van der Waals surface area contributed by atoms with E-state index in [-0.39, 0.29) is 5.91 Å². The van der Waals surface area contributed by atoms with Gasteiger partial charge in [0.2, 0.25) is 0 Å². The number of carbonyl (C=O) groups excluding carboxylic acids is 1. The SMILES string of the molecule is Cc1nc(Cc2cccc3cccnc23)sc1C(=O)NCc1ccccc1. The molecule has 4 nitrogen and oxygen atoms in total. The zero-order valence-electron chi connectivity index (χ0n) is 15.0. The number of fused-ring (bicyclic) bond motifs is 1. The second kappa shape index (κ2) is 7.68. The van der Waals surface area contributed by atoms with Crippen LogP contribution in [0.1, 0.15) is 31.5 Å². The normalized spacial score (nSPS) is 10.9. The molecular formula is C22H19N3OS. The van der Waals surface area contributed by atoms with E-state index in [4.69, 9.17) is 0 Å². The van der Waals surface area contributed by atoms with E-state index in [0.717, 1.165) is 32.7 Å². The summed E-state index contributed by atoms with van der Waals surface area (Å²) in [7, 11) is 0. The predicted octanol–water partition coefficient (Wildman–Crippen LogP) is 4.52. The Hall–Kier alpha value is -3.05. The highest BCUT2D eigenvalue weighted by Crippen LogP contribution is 2.24. The number of hydrogen-bond donors (Lipinski definition) is 1. The Kier molecular flexibility index (Phi) is 4.94. The average molecular weight is 373 g/mol. The van der Waals surface area contributed by atoms with E-state index in [1.807, 2.05) is 49.4 Å². The van der Waals surface area contributed by atoms with Gasteiger partial charge in [-0.1, -0.05) is 54.6 Å². The number of aromatic nitrogens is 2. The molecule has 0 aliphatic heterocycles. The van der Waals surface area contributed by atoms with Crippen LogP contribution in [-0.4, -0.2) is 15.9 Å². The lowest BCUT2D eigenvalue weighted by Crippen LogP contribution is -2.22. The minimum atomic E-state index is -0.0730. The zero-order valence-corrected chi connectivity index (χ0v) is 15.8. The Morgan fingerprint density at radius 1 is 1.04 bits per heavy atom. The molecule has 2 aromatic carbocycles. The van der Waals surface area contributed by atoms with E-state index >= 15 is 0 Å². The van der Waals surface area contributed by atoms with Gasteiger partial charge in [-0.15, -0.1) is 11.3 Å². The predicted molar refractivity (Wildman–Crippen MR) is 109 cm³/mol. The van der Waals surface area contributed by atoms with Gasteiger partial charge in [0.1, 0.15) is 4.88 Å². The van der Waals surface area contributed by atoms with Gasteiger partial charge in [-0.2, -0.15) is 0 Å². The highest BCUT2D eigenvalue weighted by Gasteiger charge is 2.16. The van der Waals surface area contributed by atoms with Crippen molar-refractivity contribution in [1.29, 1.82) is 0 Å². The van der Waals surface area contributed by atoms with Crippen LogP contribution in [0.2, 0.25) is 0 Å². The fourth-order valence-corrected chi connectivity index (χ4v) is 4.07. The molecule has 134 valence electrons. The monoisotopic (exact) mass is 373 g/mol. The van der Waals surface area contributed by atoms with Crippen LogP contribution in [0.25, 0.3) is 10.9 Å². The number of hydrogen-bond acceptors (Lipinski definition) is 4. The summed E-state index contributed by atoms with van der Waals surface area (Å²) in [6, 6.07) is 20.1. The number of aryl methyl sites for hydroxylation is 1. The van der Waals surface area contributed by atoms with Crippen molar-refractivity contribution in [2.45, 2.75) is 19.9 Å². The molecule has 2 heterocycles. The van der Waals surface area contributed by atoms with E-state index in [0.29, 0.717) is 17.8 Å². The van der Waals surface area contributed by atoms with Crippen molar-refractivity contribution in [2.24, 2.45) is 0 Å². The number of nitrogens with zero attached hydrogens (tertiary/aromatic N) is 2. The molecule has 0 saturated carbocycles. The lowest BCUT2D eigenvalue weighted by Gasteiger charge is -2.04. The largest absolute Gasteiger partial charge is 0.347 e. The van der Waals surface area contributed by atoms with Crippen molar-refractivity contribution < 1.29 is 4.79 Å². The van der Waals surface area contributed by atoms with Crippen LogP contribution in [0.5, 0.6) is 0 Å². The average Bonchev–Trinajstić information content (AvgIpc) is 3.07. The van der Waals surface area contributed by atoms with Gasteiger partial charge in [-0.3, -0.25) is 9.78 Å². The fourth-order valence-electron chi connectivity index (χ4n) is 3.07. The van der Waals surface area contributed by atoms with Crippen LogP contribution in [-0.2, 0) is 13.0 Å². The Bertz CT molecular complexity index is 1080. The first-order chi connectivity index (χ1) is 13.2. The lowest BCUT2D eigenvalue weighted by atomic mass is 10.1. The molecule has 27 heavy (non-hydrogen) atoms. The number of pyridine rings is 1. The van der Waals surface area contributed by atoms with Crippen molar-refractivity contribution in [3.05, 3.63) is 93.6 Å². The van der Waals surface area contributed by atoms with E-state index < -0.39 is 0 Å². The van der Waals surface area contributed by atoms with Crippen molar-refractivity contribution in [3.8, 4) is 0 Å². The third-order valence-corrected chi connectivity index (χ3v) is 5.56. The second-order valence-electron chi connectivity index (χ2n) is 6.36. The Morgan fingerprint density at radius 2 is 1.85 bits per heavy atom. The summed E-state index contributed by atoms with van der Waals surface area (Å²) in [5.41, 5.74) is 3.96. The van der Waals surface area contributed by atoms with Crippen molar-refractivity contribution in [3.63, 3.8) is 0 Å². The van der Waals surface area contributed by atoms with Crippen LogP contribution in [0.15, 0.2) is 66.9 Å². The first-order valence-corrected chi connectivity index (χ1v) is 9.63. The Morgan fingerprint density at radius 3 is 2.70 bits per heavy atom. The third-order valence-electron chi connectivity index (χ3n) is 4.40. The summed E-state index contributed by atoms with van der Waals surface area (Å²) < 4.78 is 0. The van der Waals surface area contributed by atoms with Crippen molar-refractivity contribution in [1.82, 2.24) is 15.3 Å². The zero-order chi connectivity index (χ0) is 18.6. The molecule has 0 spiro atoms. The molecule has 0 fully saturated rings. The summed E-state index contributed by atoms with van der Waals surface area (Å²) in [6.07, 6.45) is 2.48. The first-order valence-electron chi connectivity index (χ1n) is 8.82. The maximum Gasteiger partial charge on any atom is 0.263 e. The standard InChI is InChI=1S/C22H19N3OS/c1-15-21(22(26)24-14-16-7-3-2-4-8-16)27-19(25-15)13-18-10-5-9-17-11-6-12-23-20(17)18/h2-12H,13-14H2,1H3,(H,24,26). The molecule has 1 N–H and O–H groups in total. The molecule has 2 aromatic heterocycles. The van der Waals surface area contributed by atoms with Crippen LogP contribution >= 0.6 is 11.3 Å². The molecule has 0 bridgehead atoms. The van der Waals surface area contributed by atoms with E-state index in [9.17, 15) is 4.79 Å². The van der Waals surface area contributed by atoms with Gasteiger partial charge in [-0.25, -0.2) is 4.98 Å². The molecule has 0 unspecified atom stereocenters. The van der Waals surface area contributed by atoms with Crippen molar-refractivity contribution in [2.75, 3.05) is 0 Å². The number of rotatable bonds is 5. The minimum absolute atomic E-state index is 0.0730. The van der Waals surface area contributed by atoms with Gasteiger partial charge >= 0.3 is 0 Å². The summed E-state index contributed by atoms with van der Waals surface area (Å²) in [5.74, 6) is -0.0730. The maximum atomic E-state index is 12.6. The van der Waals surface area contributed by atoms with Gasteiger partial charge in [0, 0.05) is 24.5 Å². The smallest absolute Gasteiger partial charge is 0.263 e.